The van der Waals surface area contributed by atoms with Gasteiger partial charge in [0.1, 0.15) is 0 Å². The largest absolute Gasteiger partial charge is 0.493 e. The van der Waals surface area contributed by atoms with E-state index in [0.717, 1.165) is 23.1 Å². The maximum atomic E-state index is 13.8. The molecule has 2 atom stereocenters. The molecule has 0 saturated heterocycles. The molecule has 2 aliphatic heterocycles. The number of rotatable bonds is 6. The third kappa shape index (κ3) is 4.14. The fourth-order valence-electron chi connectivity index (χ4n) is 5.44. The Morgan fingerprint density at radius 2 is 1.77 bits per heavy atom. The van der Waals surface area contributed by atoms with Crippen LogP contribution in [0, 0.1) is 6.92 Å². The highest BCUT2D eigenvalue weighted by atomic mass is 16.5. The van der Waals surface area contributed by atoms with Gasteiger partial charge in [0.15, 0.2) is 11.5 Å². The van der Waals surface area contributed by atoms with Crippen LogP contribution >= 0.6 is 0 Å². The number of nitrogens with one attached hydrogen (secondary N) is 1. The monoisotopic (exact) mass is 470 g/mol. The van der Waals surface area contributed by atoms with Gasteiger partial charge in [-0.2, -0.15) is 0 Å². The predicted molar refractivity (Wildman–Crippen MR) is 134 cm³/mol. The topological polar surface area (TPSA) is 67.9 Å². The first-order valence-electron chi connectivity index (χ1n) is 12.0. The Hall–Kier alpha value is -3.80. The van der Waals surface area contributed by atoms with Crippen LogP contribution < -0.4 is 14.8 Å². The fraction of sp³-hybridized carbons (Fsp3) is 0.310. The third-order valence-electron chi connectivity index (χ3n) is 7.10. The molecule has 35 heavy (non-hydrogen) atoms. The molecule has 0 fully saturated rings. The number of benzene rings is 3. The summed E-state index contributed by atoms with van der Waals surface area (Å²) < 4.78 is 11.1. The van der Waals surface area contributed by atoms with E-state index in [9.17, 15) is 9.59 Å². The summed E-state index contributed by atoms with van der Waals surface area (Å²) in [6, 6.07) is 19.3. The maximum Gasteiger partial charge on any atom is 0.254 e. The van der Waals surface area contributed by atoms with Crippen LogP contribution in [0.3, 0.4) is 0 Å². The summed E-state index contributed by atoms with van der Waals surface area (Å²) in [4.78, 5) is 29.1. The fourth-order valence-corrected chi connectivity index (χ4v) is 5.44. The lowest BCUT2D eigenvalue weighted by molar-refractivity contribution is -0.124. The number of methoxy groups -OCH3 is 2. The zero-order valence-electron chi connectivity index (χ0n) is 20.3. The summed E-state index contributed by atoms with van der Waals surface area (Å²) in [6.45, 7) is 3.14. The van der Waals surface area contributed by atoms with Crippen LogP contribution in [0.15, 0.2) is 60.7 Å². The third-order valence-corrected chi connectivity index (χ3v) is 7.10. The highest BCUT2D eigenvalue weighted by molar-refractivity contribution is 6.01. The second-order valence-electron chi connectivity index (χ2n) is 9.19. The van der Waals surface area contributed by atoms with Crippen molar-refractivity contribution in [1.29, 1.82) is 0 Å². The van der Waals surface area contributed by atoms with Gasteiger partial charge in [0, 0.05) is 18.7 Å². The highest BCUT2D eigenvalue weighted by Gasteiger charge is 2.46. The van der Waals surface area contributed by atoms with Crippen LogP contribution in [0.4, 0.5) is 0 Å². The number of amides is 2. The second-order valence-corrected chi connectivity index (χ2v) is 9.19. The molecule has 5 rings (SSSR count). The zero-order valence-corrected chi connectivity index (χ0v) is 20.3. The Balaban J connectivity index is 1.51. The van der Waals surface area contributed by atoms with Gasteiger partial charge in [0.25, 0.3) is 5.91 Å². The lowest BCUT2D eigenvalue weighted by Crippen LogP contribution is -2.50. The van der Waals surface area contributed by atoms with Crippen LogP contribution in [0.1, 0.15) is 50.1 Å². The summed E-state index contributed by atoms with van der Waals surface area (Å²) in [5.74, 6) is 0.628. The van der Waals surface area contributed by atoms with Crippen LogP contribution in [0.2, 0.25) is 0 Å². The molecule has 6 heteroatoms. The van der Waals surface area contributed by atoms with Crippen LogP contribution in [-0.2, 0) is 17.6 Å². The Labute approximate surface area is 205 Å². The first kappa shape index (κ1) is 23.0. The van der Waals surface area contributed by atoms with Crippen LogP contribution in [0.5, 0.6) is 11.5 Å². The van der Waals surface area contributed by atoms with E-state index in [4.69, 9.17) is 9.47 Å². The lowest BCUT2D eigenvalue weighted by Gasteiger charge is -2.45. The average Bonchev–Trinajstić information content (AvgIpc) is 2.88. The molecule has 0 spiro atoms. The number of hydrogen-bond acceptors (Lipinski definition) is 4. The van der Waals surface area contributed by atoms with Gasteiger partial charge in [-0.05, 0) is 60.2 Å². The molecule has 0 bridgehead atoms. The normalized spacial score (nSPS) is 18.3. The van der Waals surface area contributed by atoms with Crippen molar-refractivity contribution in [1.82, 2.24) is 10.2 Å². The smallest absolute Gasteiger partial charge is 0.254 e. The summed E-state index contributed by atoms with van der Waals surface area (Å²) in [6.07, 6.45) is 1.44. The second kappa shape index (κ2) is 9.45. The van der Waals surface area contributed by atoms with Gasteiger partial charge in [-0.15, -0.1) is 0 Å². The summed E-state index contributed by atoms with van der Waals surface area (Å²) >= 11 is 0. The van der Waals surface area contributed by atoms with Gasteiger partial charge in [0.2, 0.25) is 5.91 Å². The SMILES string of the molecule is COc1cc2c(cc1OC)[C@@H]1[C@H](C(=O)NCCc3cccc(C)c3)c3ccccc3C(=O)N1CC2. The van der Waals surface area contributed by atoms with Crippen LogP contribution in [-0.4, -0.2) is 44.0 Å². The molecule has 0 saturated carbocycles. The van der Waals surface area contributed by atoms with Crippen molar-refractivity contribution in [3.05, 3.63) is 94.0 Å². The van der Waals surface area contributed by atoms with Crippen molar-refractivity contribution in [3.63, 3.8) is 0 Å². The molecular weight excluding hydrogens is 440 g/mol. The van der Waals surface area contributed by atoms with Crippen LogP contribution in [0.25, 0.3) is 0 Å². The molecule has 0 aliphatic carbocycles. The number of carbonyl (C=O) groups is 2. The molecule has 3 aromatic rings. The van der Waals surface area contributed by atoms with Crippen molar-refractivity contribution in [2.24, 2.45) is 0 Å². The minimum atomic E-state index is -0.515. The maximum absolute atomic E-state index is 13.8. The molecule has 2 aliphatic rings. The minimum absolute atomic E-state index is 0.0326. The Kier molecular flexibility index (Phi) is 6.20. The Morgan fingerprint density at radius 3 is 2.54 bits per heavy atom. The van der Waals surface area contributed by atoms with Crippen molar-refractivity contribution in [2.45, 2.75) is 31.7 Å². The summed E-state index contributed by atoms with van der Waals surface area (Å²) in [5.41, 5.74) is 5.78. The van der Waals surface area contributed by atoms with Crippen molar-refractivity contribution in [2.75, 3.05) is 27.3 Å². The van der Waals surface area contributed by atoms with Gasteiger partial charge in [-0.3, -0.25) is 9.59 Å². The van der Waals surface area contributed by atoms with Crippen molar-refractivity contribution < 1.29 is 19.1 Å². The molecule has 0 unspecified atom stereocenters. The van der Waals surface area contributed by atoms with Gasteiger partial charge in [0.05, 0.1) is 26.2 Å². The molecule has 0 radical (unpaired) electrons. The van der Waals surface area contributed by atoms with E-state index in [0.29, 0.717) is 36.6 Å². The number of fused-ring (bicyclic) bond motifs is 4. The molecule has 2 amide bonds. The number of hydrogen-bond donors (Lipinski definition) is 1. The molecular formula is C29H30N2O4. The molecule has 6 nitrogen and oxygen atoms in total. The Bertz CT molecular complexity index is 1290. The zero-order chi connectivity index (χ0) is 24.5. The number of nitrogens with zero attached hydrogens (tertiary/aromatic N) is 1. The van der Waals surface area contributed by atoms with Gasteiger partial charge >= 0.3 is 0 Å². The van der Waals surface area contributed by atoms with E-state index in [1.54, 1.807) is 14.2 Å². The molecule has 0 aromatic heterocycles. The first-order chi connectivity index (χ1) is 17.0. The summed E-state index contributed by atoms with van der Waals surface area (Å²) in [5, 5.41) is 3.16. The van der Waals surface area contributed by atoms with E-state index in [2.05, 4.69) is 30.4 Å². The molecule has 180 valence electrons. The quantitative estimate of drug-likeness (QED) is 0.586. The minimum Gasteiger partial charge on any atom is -0.493 e. The Morgan fingerprint density at radius 1 is 1.00 bits per heavy atom. The summed E-state index contributed by atoms with van der Waals surface area (Å²) in [7, 11) is 3.21. The van der Waals surface area contributed by atoms with Gasteiger partial charge < -0.3 is 19.7 Å². The van der Waals surface area contributed by atoms with Crippen molar-refractivity contribution in [3.8, 4) is 11.5 Å². The molecule has 2 heterocycles. The average molecular weight is 471 g/mol. The number of aryl methyl sites for hydroxylation is 1. The standard InChI is InChI=1S/C29H30N2O4/c1-18-7-6-8-19(15-18)11-13-30-28(32)26-21-9-4-5-10-22(21)29(33)31-14-12-20-16-24(34-2)25(35-3)17-23(20)27(26)31/h4-10,15-17,26-27H,11-14H2,1-3H3,(H,30,32)/t26-,27-/m1/s1. The molecule has 3 aromatic carbocycles. The molecule has 1 N–H and O–H groups in total. The van der Waals surface area contributed by atoms with Gasteiger partial charge in [-0.1, -0.05) is 48.0 Å². The van der Waals surface area contributed by atoms with E-state index >= 15 is 0 Å². The lowest BCUT2D eigenvalue weighted by atomic mass is 9.75. The predicted octanol–water partition coefficient (Wildman–Crippen LogP) is 4.21. The first-order valence-corrected chi connectivity index (χ1v) is 12.0. The number of ether oxygens (including phenoxy) is 2. The van der Waals surface area contributed by atoms with E-state index in [-0.39, 0.29) is 11.8 Å². The van der Waals surface area contributed by atoms with Crippen molar-refractivity contribution >= 4 is 11.8 Å². The highest BCUT2D eigenvalue weighted by Crippen LogP contribution is 2.48. The van der Waals surface area contributed by atoms with E-state index < -0.39 is 12.0 Å². The van der Waals surface area contributed by atoms with E-state index in [1.807, 2.05) is 47.4 Å². The van der Waals surface area contributed by atoms with E-state index in [1.165, 1.54) is 11.1 Å². The van der Waals surface area contributed by atoms with Gasteiger partial charge in [-0.25, -0.2) is 0 Å². The number of carbonyl (C=O) groups excluding carboxylic acids is 2.